The first-order chi connectivity index (χ1) is 7.74. The molecule has 0 saturated heterocycles. The number of nitrogens with one attached hydrogen (secondary N) is 2. The van der Waals surface area contributed by atoms with Gasteiger partial charge in [0.15, 0.2) is 12.0 Å². The Morgan fingerprint density at radius 2 is 2.38 bits per heavy atom. The van der Waals surface area contributed by atoms with E-state index < -0.39 is 0 Å². The third kappa shape index (κ3) is 1.71. The van der Waals surface area contributed by atoms with Crippen LogP contribution in [0.25, 0.3) is 0 Å². The first kappa shape index (κ1) is 9.84. The number of carbonyl (C=O) groups is 1. The Morgan fingerprint density at radius 1 is 1.56 bits per heavy atom. The Labute approximate surface area is 97.8 Å². The number of hydrogen-bond donors (Lipinski definition) is 2. The lowest BCUT2D eigenvalue weighted by Crippen LogP contribution is -2.37. The van der Waals surface area contributed by atoms with Crippen LogP contribution in [0, 0.1) is 6.92 Å². The summed E-state index contributed by atoms with van der Waals surface area (Å²) in [6, 6.07) is 2.19. The lowest BCUT2D eigenvalue weighted by molar-refractivity contribution is -0.120. The number of guanidine groups is 1. The summed E-state index contributed by atoms with van der Waals surface area (Å²) in [6.45, 7) is 2.01. The van der Waals surface area contributed by atoms with Gasteiger partial charge in [0.25, 0.3) is 5.91 Å². The molecule has 0 bridgehead atoms. The van der Waals surface area contributed by atoms with E-state index in [1.165, 1.54) is 12.8 Å². The van der Waals surface area contributed by atoms with E-state index in [2.05, 4.69) is 15.6 Å². The minimum atomic E-state index is -0.346. The first-order valence-corrected chi connectivity index (χ1v) is 6.31. The fourth-order valence-corrected chi connectivity index (χ4v) is 2.70. The molecule has 3 rings (SSSR count). The van der Waals surface area contributed by atoms with Crippen molar-refractivity contribution in [1.29, 1.82) is 0 Å². The smallest absolute Gasteiger partial charge is 0.257 e. The molecule has 2 N–H and O–H groups in total. The Bertz CT molecular complexity index is 462. The number of hydrogen-bond acceptors (Lipinski definition) is 4. The average Bonchev–Trinajstić information content (AvgIpc) is 2.84. The SMILES string of the molecule is Cc1ccsc1C1N=C(NC2CC2)NC1=O. The van der Waals surface area contributed by atoms with Crippen molar-refractivity contribution in [3.05, 3.63) is 21.9 Å². The van der Waals surface area contributed by atoms with Gasteiger partial charge in [-0.2, -0.15) is 0 Å². The molecule has 0 spiro atoms. The zero-order chi connectivity index (χ0) is 11.1. The number of nitrogens with zero attached hydrogens (tertiary/aromatic N) is 1. The fraction of sp³-hybridized carbons (Fsp3) is 0.455. The van der Waals surface area contributed by atoms with Crippen molar-refractivity contribution >= 4 is 23.2 Å². The average molecular weight is 235 g/mol. The van der Waals surface area contributed by atoms with Gasteiger partial charge in [0.2, 0.25) is 0 Å². The molecule has 1 aliphatic heterocycles. The van der Waals surface area contributed by atoms with E-state index in [4.69, 9.17) is 0 Å². The summed E-state index contributed by atoms with van der Waals surface area (Å²) in [6.07, 6.45) is 2.36. The topological polar surface area (TPSA) is 53.5 Å². The van der Waals surface area contributed by atoms with Gasteiger partial charge in [0.05, 0.1) is 0 Å². The van der Waals surface area contributed by atoms with Crippen molar-refractivity contribution in [3.63, 3.8) is 0 Å². The maximum absolute atomic E-state index is 11.8. The van der Waals surface area contributed by atoms with E-state index in [-0.39, 0.29) is 11.9 Å². The minimum absolute atomic E-state index is 0.0197. The lowest BCUT2D eigenvalue weighted by Gasteiger charge is -2.02. The van der Waals surface area contributed by atoms with Gasteiger partial charge in [0, 0.05) is 10.9 Å². The molecule has 4 nitrogen and oxygen atoms in total. The van der Waals surface area contributed by atoms with Crippen molar-refractivity contribution in [2.45, 2.75) is 31.8 Å². The largest absolute Gasteiger partial charge is 0.353 e. The van der Waals surface area contributed by atoms with Gasteiger partial charge in [-0.05, 0) is 36.8 Å². The summed E-state index contributed by atoms with van der Waals surface area (Å²) >= 11 is 1.59. The Morgan fingerprint density at radius 3 is 3.00 bits per heavy atom. The molecule has 0 aromatic carbocycles. The molecule has 1 unspecified atom stereocenters. The summed E-state index contributed by atoms with van der Waals surface area (Å²) in [7, 11) is 0. The first-order valence-electron chi connectivity index (χ1n) is 5.43. The second-order valence-corrected chi connectivity index (χ2v) is 5.20. The molecular formula is C11H13N3OS. The van der Waals surface area contributed by atoms with E-state index in [1.807, 2.05) is 18.4 Å². The van der Waals surface area contributed by atoms with E-state index >= 15 is 0 Å². The van der Waals surface area contributed by atoms with Crippen LogP contribution in [0.5, 0.6) is 0 Å². The zero-order valence-electron chi connectivity index (χ0n) is 8.99. The van der Waals surface area contributed by atoms with Crippen LogP contribution in [-0.4, -0.2) is 17.9 Å². The summed E-state index contributed by atoms with van der Waals surface area (Å²) < 4.78 is 0. The van der Waals surface area contributed by atoms with Gasteiger partial charge in [-0.25, -0.2) is 4.99 Å². The summed E-state index contributed by atoms with van der Waals surface area (Å²) in [5, 5.41) is 8.01. The van der Waals surface area contributed by atoms with Crippen LogP contribution in [0.1, 0.15) is 29.3 Å². The number of carbonyl (C=O) groups excluding carboxylic acids is 1. The molecule has 1 amide bonds. The highest BCUT2D eigenvalue weighted by Crippen LogP contribution is 2.29. The molecule has 16 heavy (non-hydrogen) atoms. The van der Waals surface area contributed by atoms with Crippen molar-refractivity contribution in [3.8, 4) is 0 Å². The quantitative estimate of drug-likeness (QED) is 0.812. The second kappa shape index (κ2) is 3.59. The molecule has 1 aliphatic carbocycles. The monoisotopic (exact) mass is 235 g/mol. The molecule has 1 fully saturated rings. The van der Waals surface area contributed by atoms with Crippen LogP contribution in [0.4, 0.5) is 0 Å². The number of thiophene rings is 1. The van der Waals surface area contributed by atoms with Crippen LogP contribution in [0.15, 0.2) is 16.4 Å². The van der Waals surface area contributed by atoms with Crippen LogP contribution in [0.2, 0.25) is 0 Å². The summed E-state index contributed by atoms with van der Waals surface area (Å²) in [5.74, 6) is 0.624. The molecule has 5 heteroatoms. The predicted molar refractivity (Wildman–Crippen MR) is 63.5 cm³/mol. The third-order valence-electron chi connectivity index (χ3n) is 2.82. The van der Waals surface area contributed by atoms with Gasteiger partial charge in [0.1, 0.15) is 0 Å². The van der Waals surface area contributed by atoms with E-state index in [9.17, 15) is 4.79 Å². The molecule has 1 aromatic heterocycles. The standard InChI is InChI=1S/C11H13N3OS/c1-6-4-5-16-9(6)8-10(15)14-11(13-8)12-7-2-3-7/h4-5,7-8H,2-3H2,1H3,(H2,12,13,14,15). The van der Waals surface area contributed by atoms with Crippen LogP contribution < -0.4 is 10.6 Å². The van der Waals surface area contributed by atoms with E-state index in [0.29, 0.717) is 12.0 Å². The maximum atomic E-state index is 11.8. The number of aryl methyl sites for hydroxylation is 1. The minimum Gasteiger partial charge on any atom is -0.353 e. The maximum Gasteiger partial charge on any atom is 0.257 e. The van der Waals surface area contributed by atoms with Crippen molar-refractivity contribution < 1.29 is 4.79 Å². The molecule has 2 heterocycles. The van der Waals surface area contributed by atoms with Crippen LogP contribution >= 0.6 is 11.3 Å². The number of aliphatic imine (C=N–C) groups is 1. The highest BCUT2D eigenvalue weighted by atomic mass is 32.1. The molecule has 2 aliphatic rings. The third-order valence-corrected chi connectivity index (χ3v) is 3.89. The normalized spacial score (nSPS) is 24.2. The van der Waals surface area contributed by atoms with Gasteiger partial charge >= 0.3 is 0 Å². The van der Waals surface area contributed by atoms with Gasteiger partial charge in [-0.15, -0.1) is 11.3 Å². The molecule has 1 aromatic rings. The molecule has 0 radical (unpaired) electrons. The summed E-state index contributed by atoms with van der Waals surface area (Å²) in [5.41, 5.74) is 1.14. The predicted octanol–water partition coefficient (Wildman–Crippen LogP) is 1.34. The van der Waals surface area contributed by atoms with Gasteiger partial charge < -0.3 is 5.32 Å². The number of rotatable bonds is 2. The van der Waals surface area contributed by atoms with E-state index in [0.717, 1.165) is 10.4 Å². The van der Waals surface area contributed by atoms with Gasteiger partial charge in [-0.1, -0.05) is 0 Å². The lowest BCUT2D eigenvalue weighted by atomic mass is 10.2. The Balaban J connectivity index is 1.82. The number of amides is 1. The van der Waals surface area contributed by atoms with E-state index in [1.54, 1.807) is 11.3 Å². The highest BCUT2D eigenvalue weighted by Gasteiger charge is 2.32. The second-order valence-electron chi connectivity index (χ2n) is 4.26. The Hall–Kier alpha value is -1.36. The molecular weight excluding hydrogens is 222 g/mol. The molecule has 84 valence electrons. The molecule has 1 atom stereocenters. The summed E-state index contributed by atoms with van der Waals surface area (Å²) in [4.78, 5) is 17.2. The Kier molecular flexibility index (Phi) is 2.21. The fourth-order valence-electron chi connectivity index (χ4n) is 1.74. The van der Waals surface area contributed by atoms with Gasteiger partial charge in [-0.3, -0.25) is 10.1 Å². The molecule has 1 saturated carbocycles. The van der Waals surface area contributed by atoms with Crippen LogP contribution in [0.3, 0.4) is 0 Å². The van der Waals surface area contributed by atoms with Crippen molar-refractivity contribution in [2.24, 2.45) is 4.99 Å². The van der Waals surface area contributed by atoms with Crippen molar-refractivity contribution in [2.75, 3.05) is 0 Å². The highest BCUT2D eigenvalue weighted by molar-refractivity contribution is 7.10. The van der Waals surface area contributed by atoms with Crippen molar-refractivity contribution in [1.82, 2.24) is 10.6 Å². The van der Waals surface area contributed by atoms with Crippen LogP contribution in [-0.2, 0) is 4.79 Å². The zero-order valence-corrected chi connectivity index (χ0v) is 9.80.